The zero-order valence-electron chi connectivity index (χ0n) is 23.7. The minimum atomic E-state index is -0.865. The van der Waals surface area contributed by atoms with Gasteiger partial charge in [0, 0.05) is 25.6 Å². The van der Waals surface area contributed by atoms with Crippen molar-refractivity contribution in [3.8, 4) is 17.2 Å². The van der Waals surface area contributed by atoms with Gasteiger partial charge in [-0.2, -0.15) is 0 Å². The van der Waals surface area contributed by atoms with E-state index >= 15 is 0 Å². The van der Waals surface area contributed by atoms with E-state index in [2.05, 4.69) is 13.8 Å². The van der Waals surface area contributed by atoms with Crippen LogP contribution in [0.15, 0.2) is 58.2 Å². The third-order valence-electron chi connectivity index (χ3n) is 6.78. The third kappa shape index (κ3) is 5.94. The molecule has 2 aromatic carbocycles. The number of benzene rings is 2. The molecule has 0 radical (unpaired) electrons. The summed E-state index contributed by atoms with van der Waals surface area (Å²) >= 11 is 0. The van der Waals surface area contributed by atoms with Gasteiger partial charge < -0.3 is 33.4 Å². The Morgan fingerprint density at radius 2 is 1.85 bits per heavy atom. The summed E-state index contributed by atoms with van der Waals surface area (Å²) in [4.78, 5) is 28.7. The van der Waals surface area contributed by atoms with Crippen LogP contribution in [0.5, 0.6) is 17.2 Å². The van der Waals surface area contributed by atoms with E-state index < -0.39 is 23.5 Å². The topological polar surface area (TPSA) is 108 Å². The molecule has 1 N–H and O–H groups in total. The van der Waals surface area contributed by atoms with Crippen molar-refractivity contribution in [2.45, 2.75) is 39.7 Å². The number of Topliss-reactive ketones (excluding diaryl/α,β-unsaturated/α-hetero) is 1. The van der Waals surface area contributed by atoms with Gasteiger partial charge in [-0.1, -0.05) is 32.0 Å². The minimum Gasteiger partial charge on any atom is -0.503 e. The van der Waals surface area contributed by atoms with Crippen LogP contribution in [0.2, 0.25) is 0 Å². The van der Waals surface area contributed by atoms with E-state index in [1.165, 1.54) is 12.0 Å². The third-order valence-corrected chi connectivity index (χ3v) is 6.78. The number of hydrogen-bond donors (Lipinski definition) is 1. The molecule has 9 heteroatoms. The lowest BCUT2D eigenvalue weighted by atomic mass is 9.94. The Hall–Kier alpha value is -3.98. The van der Waals surface area contributed by atoms with Crippen LogP contribution >= 0.6 is 0 Å². The molecule has 1 aliphatic heterocycles. The van der Waals surface area contributed by atoms with Gasteiger partial charge in [0.05, 0.1) is 31.9 Å². The second-order valence-electron chi connectivity index (χ2n) is 10.00. The van der Waals surface area contributed by atoms with Crippen molar-refractivity contribution in [2.75, 3.05) is 40.6 Å². The Morgan fingerprint density at radius 1 is 1.05 bits per heavy atom. The van der Waals surface area contributed by atoms with E-state index in [1.54, 1.807) is 49.6 Å². The van der Waals surface area contributed by atoms with Crippen LogP contribution in [0.4, 0.5) is 0 Å². The summed E-state index contributed by atoms with van der Waals surface area (Å²) in [6, 6.07) is 11.4. The Bertz CT molecular complexity index is 1390. The lowest BCUT2D eigenvalue weighted by Crippen LogP contribution is -2.32. The number of rotatable bonds is 14. The zero-order chi connectivity index (χ0) is 28.8. The van der Waals surface area contributed by atoms with Crippen LogP contribution in [-0.2, 0) is 9.53 Å². The largest absolute Gasteiger partial charge is 0.503 e. The van der Waals surface area contributed by atoms with Gasteiger partial charge in [0.2, 0.25) is 5.78 Å². The maximum Gasteiger partial charge on any atom is 0.290 e. The quantitative estimate of drug-likeness (QED) is 0.196. The number of amides is 1. The monoisotopic (exact) mass is 551 g/mol. The Balaban J connectivity index is 1.76. The number of ketones is 1. The maximum atomic E-state index is 13.9. The molecule has 1 atom stereocenters. The van der Waals surface area contributed by atoms with Gasteiger partial charge in [0.15, 0.2) is 34.4 Å². The van der Waals surface area contributed by atoms with E-state index in [0.717, 1.165) is 6.42 Å². The number of aliphatic hydroxyl groups is 1. The molecule has 214 valence electrons. The normalized spacial score (nSPS) is 15.4. The van der Waals surface area contributed by atoms with E-state index in [-0.39, 0.29) is 17.9 Å². The van der Waals surface area contributed by atoms with E-state index in [1.807, 2.05) is 6.92 Å². The molecule has 1 aromatic heterocycles. The summed E-state index contributed by atoms with van der Waals surface area (Å²) in [6.45, 7) is 7.74. The first-order chi connectivity index (χ1) is 19.3. The molecular weight excluding hydrogens is 514 g/mol. The number of methoxy groups -OCH3 is 2. The Morgan fingerprint density at radius 3 is 2.55 bits per heavy atom. The molecule has 1 unspecified atom stereocenters. The van der Waals surface area contributed by atoms with Crippen molar-refractivity contribution in [3.63, 3.8) is 0 Å². The molecule has 0 spiro atoms. The fourth-order valence-electron chi connectivity index (χ4n) is 4.77. The van der Waals surface area contributed by atoms with Crippen molar-refractivity contribution in [3.05, 3.63) is 65.1 Å². The van der Waals surface area contributed by atoms with Gasteiger partial charge in [0.25, 0.3) is 5.91 Å². The predicted molar refractivity (Wildman–Crippen MR) is 150 cm³/mol. The smallest absolute Gasteiger partial charge is 0.290 e. The molecule has 0 aliphatic carbocycles. The minimum absolute atomic E-state index is 0.00346. The number of para-hydroxylation sites is 1. The van der Waals surface area contributed by atoms with Crippen LogP contribution in [0.1, 0.15) is 55.8 Å². The van der Waals surface area contributed by atoms with Crippen LogP contribution in [-0.4, -0.2) is 62.3 Å². The molecule has 2 heterocycles. The van der Waals surface area contributed by atoms with Gasteiger partial charge in [0.1, 0.15) is 0 Å². The number of carbonyl (C=O) groups is 2. The molecule has 0 fully saturated rings. The van der Waals surface area contributed by atoms with Crippen LogP contribution in [0.3, 0.4) is 0 Å². The van der Waals surface area contributed by atoms with Crippen molar-refractivity contribution in [1.29, 1.82) is 0 Å². The zero-order valence-corrected chi connectivity index (χ0v) is 23.7. The van der Waals surface area contributed by atoms with E-state index in [9.17, 15) is 14.7 Å². The van der Waals surface area contributed by atoms with Crippen LogP contribution < -0.4 is 14.2 Å². The van der Waals surface area contributed by atoms with Gasteiger partial charge in [-0.25, -0.2) is 0 Å². The summed E-state index contributed by atoms with van der Waals surface area (Å²) in [5, 5.41) is 11.7. The molecule has 3 aromatic rings. The van der Waals surface area contributed by atoms with Gasteiger partial charge in [-0.3, -0.25) is 9.59 Å². The standard InChI is InChI=1S/C31H37NO8/c1-6-38-24-17-20(11-12-22(24)39-16-13-19(2)3)27-26(29(34)31(35)32(27)14-8-15-36-4)28(33)25-18-21-9-7-10-23(37-5)30(21)40-25/h7,9-12,17-19,27,34H,6,8,13-16H2,1-5H3. The summed E-state index contributed by atoms with van der Waals surface area (Å²) in [5.74, 6) is 0.217. The fourth-order valence-corrected chi connectivity index (χ4v) is 4.77. The fraction of sp³-hybridized carbons (Fsp3) is 0.419. The summed E-state index contributed by atoms with van der Waals surface area (Å²) in [5.41, 5.74) is 0.954. The predicted octanol–water partition coefficient (Wildman–Crippen LogP) is 5.88. The highest BCUT2D eigenvalue weighted by atomic mass is 16.5. The Labute approximate surface area is 234 Å². The number of aliphatic hydroxyl groups excluding tert-OH is 1. The van der Waals surface area contributed by atoms with Crippen molar-refractivity contribution in [2.24, 2.45) is 5.92 Å². The lowest BCUT2D eigenvalue weighted by molar-refractivity contribution is -0.129. The highest BCUT2D eigenvalue weighted by Gasteiger charge is 2.44. The first kappa shape index (κ1) is 29.0. The number of nitrogens with zero attached hydrogens (tertiary/aromatic N) is 1. The second kappa shape index (κ2) is 12.9. The molecule has 9 nitrogen and oxygen atoms in total. The molecule has 1 aliphatic rings. The van der Waals surface area contributed by atoms with E-state index in [4.69, 9.17) is 23.4 Å². The SMILES string of the molecule is CCOc1cc(C2C(C(=O)c3cc4cccc(OC)c4o3)=C(O)C(=O)N2CCCOC)ccc1OCCC(C)C. The molecule has 1 amide bonds. The lowest BCUT2D eigenvalue weighted by Gasteiger charge is -2.27. The van der Waals surface area contributed by atoms with Gasteiger partial charge in [-0.15, -0.1) is 0 Å². The molecular formula is C31H37NO8. The van der Waals surface area contributed by atoms with Crippen molar-refractivity contribution < 1.29 is 38.1 Å². The molecule has 0 saturated carbocycles. The number of hydrogen-bond acceptors (Lipinski definition) is 8. The maximum absolute atomic E-state index is 13.9. The first-order valence-electron chi connectivity index (χ1n) is 13.5. The average Bonchev–Trinajstić information content (AvgIpc) is 3.48. The number of fused-ring (bicyclic) bond motifs is 1. The summed E-state index contributed by atoms with van der Waals surface area (Å²) < 4.78 is 28.3. The molecule has 0 bridgehead atoms. The summed E-state index contributed by atoms with van der Waals surface area (Å²) in [7, 11) is 3.10. The van der Waals surface area contributed by atoms with Crippen LogP contribution in [0.25, 0.3) is 11.0 Å². The first-order valence-corrected chi connectivity index (χ1v) is 13.5. The van der Waals surface area contributed by atoms with Gasteiger partial charge >= 0.3 is 0 Å². The number of furan rings is 1. The van der Waals surface area contributed by atoms with Crippen molar-refractivity contribution in [1.82, 2.24) is 4.90 Å². The second-order valence-corrected chi connectivity index (χ2v) is 10.00. The van der Waals surface area contributed by atoms with Gasteiger partial charge in [-0.05, 0) is 55.5 Å². The molecule has 4 rings (SSSR count). The molecule has 0 saturated heterocycles. The Kier molecular flexibility index (Phi) is 9.37. The van der Waals surface area contributed by atoms with Crippen molar-refractivity contribution >= 4 is 22.7 Å². The summed E-state index contributed by atoms with van der Waals surface area (Å²) in [6.07, 6.45) is 1.40. The van der Waals surface area contributed by atoms with E-state index in [0.29, 0.717) is 65.9 Å². The molecule has 40 heavy (non-hydrogen) atoms. The highest BCUT2D eigenvalue weighted by Crippen LogP contribution is 2.42. The number of ether oxygens (including phenoxy) is 4. The number of carbonyl (C=O) groups excluding carboxylic acids is 2. The average molecular weight is 552 g/mol. The highest BCUT2D eigenvalue weighted by molar-refractivity contribution is 6.16. The van der Waals surface area contributed by atoms with Crippen LogP contribution in [0, 0.1) is 5.92 Å².